The minimum atomic E-state index is 0.126. The number of hydrogen-bond donors (Lipinski definition) is 1. The van der Waals surface area contributed by atoms with Crippen LogP contribution >= 0.6 is 0 Å². The zero-order valence-electron chi connectivity index (χ0n) is 14.4. The number of hydrogen-bond acceptors (Lipinski definition) is 3. The van der Waals surface area contributed by atoms with E-state index in [1.807, 2.05) is 59.5 Å². The van der Waals surface area contributed by atoms with Gasteiger partial charge in [0, 0.05) is 36.3 Å². The summed E-state index contributed by atoms with van der Waals surface area (Å²) in [6, 6.07) is 18.6. The maximum atomic E-state index is 13.1. The van der Waals surface area contributed by atoms with Crippen molar-refractivity contribution in [3.8, 4) is 5.75 Å². The first kappa shape index (κ1) is 16.2. The fraction of sp³-hybridized carbons (Fsp3) is 0.381. The first-order valence-electron chi connectivity index (χ1n) is 9.10. The van der Waals surface area contributed by atoms with E-state index >= 15 is 0 Å². The van der Waals surface area contributed by atoms with Crippen LogP contribution in [-0.2, 0) is 6.61 Å². The van der Waals surface area contributed by atoms with Crippen LogP contribution in [0.4, 0.5) is 0 Å². The Morgan fingerprint density at radius 3 is 2.64 bits per heavy atom. The molecule has 0 spiro atoms. The highest BCUT2D eigenvalue weighted by Crippen LogP contribution is 2.23. The molecule has 2 aliphatic rings. The molecule has 2 aromatic rings. The Morgan fingerprint density at radius 1 is 1.00 bits per heavy atom. The summed E-state index contributed by atoms with van der Waals surface area (Å²) >= 11 is 0. The highest BCUT2D eigenvalue weighted by atomic mass is 16.5. The van der Waals surface area contributed by atoms with Crippen molar-refractivity contribution in [3.63, 3.8) is 0 Å². The largest absolute Gasteiger partial charge is 0.489 e. The topological polar surface area (TPSA) is 41.6 Å². The fourth-order valence-electron chi connectivity index (χ4n) is 3.83. The van der Waals surface area contributed by atoms with Gasteiger partial charge in [0.25, 0.3) is 5.91 Å². The van der Waals surface area contributed by atoms with Crippen molar-refractivity contribution in [2.24, 2.45) is 0 Å². The molecular weight excluding hydrogens is 312 g/mol. The Balaban J connectivity index is 1.49. The number of ether oxygens (including phenoxy) is 1. The number of nitrogens with one attached hydrogen (secondary N) is 1. The van der Waals surface area contributed by atoms with Gasteiger partial charge in [0.1, 0.15) is 12.4 Å². The lowest BCUT2D eigenvalue weighted by Gasteiger charge is -2.25. The second-order valence-corrected chi connectivity index (χ2v) is 6.94. The molecule has 2 fully saturated rings. The molecule has 2 aromatic carbocycles. The zero-order valence-corrected chi connectivity index (χ0v) is 14.4. The minimum absolute atomic E-state index is 0.126. The predicted molar refractivity (Wildman–Crippen MR) is 97.7 cm³/mol. The summed E-state index contributed by atoms with van der Waals surface area (Å²) in [5, 5.41) is 3.63. The first-order chi connectivity index (χ1) is 12.3. The van der Waals surface area contributed by atoms with E-state index < -0.39 is 0 Å². The molecule has 1 amide bonds. The molecule has 1 N–H and O–H groups in total. The zero-order chi connectivity index (χ0) is 17.1. The van der Waals surface area contributed by atoms with E-state index in [1.165, 1.54) is 12.8 Å². The molecular formula is C21H24N2O2. The van der Waals surface area contributed by atoms with Crippen LogP contribution in [0.1, 0.15) is 35.2 Å². The van der Waals surface area contributed by atoms with Gasteiger partial charge in [-0.15, -0.1) is 0 Å². The van der Waals surface area contributed by atoms with Crippen LogP contribution in [-0.4, -0.2) is 36.0 Å². The fourth-order valence-corrected chi connectivity index (χ4v) is 3.83. The van der Waals surface area contributed by atoms with Gasteiger partial charge in [-0.1, -0.05) is 36.4 Å². The molecule has 4 nitrogen and oxygen atoms in total. The maximum absolute atomic E-state index is 13.1. The molecule has 0 radical (unpaired) electrons. The number of carbonyl (C=O) groups is 1. The molecule has 2 aliphatic heterocycles. The van der Waals surface area contributed by atoms with E-state index in [0.29, 0.717) is 18.7 Å². The van der Waals surface area contributed by atoms with E-state index in [4.69, 9.17) is 4.74 Å². The van der Waals surface area contributed by atoms with Gasteiger partial charge in [-0.25, -0.2) is 0 Å². The third-order valence-electron chi connectivity index (χ3n) is 5.20. The van der Waals surface area contributed by atoms with Crippen molar-refractivity contribution in [3.05, 3.63) is 65.7 Å². The van der Waals surface area contributed by atoms with Crippen molar-refractivity contribution < 1.29 is 9.53 Å². The van der Waals surface area contributed by atoms with Crippen molar-refractivity contribution in [2.45, 2.75) is 38.0 Å². The summed E-state index contributed by atoms with van der Waals surface area (Å²) in [6.07, 6.45) is 3.46. The normalized spacial score (nSPS) is 22.5. The van der Waals surface area contributed by atoms with Gasteiger partial charge in [-0.2, -0.15) is 0 Å². The highest BCUT2D eigenvalue weighted by Gasteiger charge is 2.31. The molecule has 2 heterocycles. The van der Waals surface area contributed by atoms with Crippen LogP contribution in [0.2, 0.25) is 0 Å². The SMILES string of the molecule is O=C(c1ccccc1COc1ccccc1)N1CCC2CCC(C1)N2. The molecule has 0 saturated carbocycles. The minimum Gasteiger partial charge on any atom is -0.489 e. The Kier molecular flexibility index (Phi) is 4.70. The number of carbonyl (C=O) groups excluding carboxylic acids is 1. The molecule has 130 valence electrons. The summed E-state index contributed by atoms with van der Waals surface area (Å²) in [4.78, 5) is 15.1. The summed E-state index contributed by atoms with van der Waals surface area (Å²) in [6.45, 7) is 2.05. The summed E-state index contributed by atoms with van der Waals surface area (Å²) in [7, 11) is 0. The van der Waals surface area contributed by atoms with Gasteiger partial charge in [0.2, 0.25) is 0 Å². The molecule has 0 aromatic heterocycles. The number of rotatable bonds is 4. The number of likely N-dealkylation sites (tertiary alicyclic amines) is 1. The molecule has 4 rings (SSSR count). The lowest BCUT2D eigenvalue weighted by molar-refractivity contribution is 0.0745. The Hall–Kier alpha value is -2.33. The second-order valence-electron chi connectivity index (χ2n) is 6.94. The van der Waals surface area contributed by atoms with Crippen molar-refractivity contribution in [1.29, 1.82) is 0 Å². The smallest absolute Gasteiger partial charge is 0.254 e. The lowest BCUT2D eigenvalue weighted by atomic mass is 10.0. The average Bonchev–Trinajstić information content (AvgIpc) is 2.99. The van der Waals surface area contributed by atoms with Gasteiger partial charge in [0.05, 0.1) is 0 Å². The van der Waals surface area contributed by atoms with Crippen LogP contribution in [0.3, 0.4) is 0 Å². The standard InChI is InChI=1S/C21H24N2O2/c24-21(23-13-12-17-10-11-18(14-23)22-17)20-9-5-4-6-16(20)15-25-19-7-2-1-3-8-19/h1-9,17-18,22H,10-15H2. The Morgan fingerprint density at radius 2 is 1.76 bits per heavy atom. The number of fused-ring (bicyclic) bond motifs is 2. The number of nitrogens with zero attached hydrogens (tertiary/aromatic N) is 1. The monoisotopic (exact) mass is 336 g/mol. The third-order valence-corrected chi connectivity index (χ3v) is 5.20. The van der Waals surface area contributed by atoms with Gasteiger partial charge in [0.15, 0.2) is 0 Å². The van der Waals surface area contributed by atoms with Crippen molar-refractivity contribution in [2.75, 3.05) is 13.1 Å². The molecule has 2 saturated heterocycles. The Labute approximate surface area is 148 Å². The Bertz CT molecular complexity index is 732. The van der Waals surface area contributed by atoms with E-state index in [-0.39, 0.29) is 5.91 Å². The quantitative estimate of drug-likeness (QED) is 0.932. The van der Waals surface area contributed by atoms with Crippen LogP contribution in [0, 0.1) is 0 Å². The second kappa shape index (κ2) is 7.28. The third kappa shape index (κ3) is 3.69. The summed E-state index contributed by atoms with van der Waals surface area (Å²) < 4.78 is 5.86. The molecule has 4 heteroatoms. The molecule has 25 heavy (non-hydrogen) atoms. The van der Waals surface area contributed by atoms with E-state index in [9.17, 15) is 4.79 Å². The average molecular weight is 336 g/mol. The summed E-state index contributed by atoms with van der Waals surface area (Å²) in [5.41, 5.74) is 1.70. The number of benzene rings is 2. The van der Waals surface area contributed by atoms with Crippen LogP contribution in [0.5, 0.6) is 5.75 Å². The highest BCUT2D eigenvalue weighted by molar-refractivity contribution is 5.95. The van der Waals surface area contributed by atoms with Gasteiger partial charge in [-0.05, 0) is 37.5 Å². The lowest BCUT2D eigenvalue weighted by Crippen LogP contribution is -2.39. The molecule has 2 bridgehead atoms. The first-order valence-corrected chi connectivity index (χ1v) is 9.10. The van der Waals surface area contributed by atoms with E-state index in [1.54, 1.807) is 0 Å². The van der Waals surface area contributed by atoms with Crippen molar-refractivity contribution >= 4 is 5.91 Å². The predicted octanol–water partition coefficient (Wildman–Crippen LogP) is 3.23. The number of para-hydroxylation sites is 1. The van der Waals surface area contributed by atoms with Gasteiger partial charge < -0.3 is 15.0 Å². The van der Waals surface area contributed by atoms with E-state index in [2.05, 4.69) is 5.32 Å². The molecule has 2 unspecified atom stereocenters. The molecule has 2 atom stereocenters. The number of amides is 1. The van der Waals surface area contributed by atoms with Crippen LogP contribution in [0.25, 0.3) is 0 Å². The summed E-state index contributed by atoms with van der Waals surface area (Å²) in [5.74, 6) is 0.947. The van der Waals surface area contributed by atoms with Crippen LogP contribution < -0.4 is 10.1 Å². The van der Waals surface area contributed by atoms with Gasteiger partial charge >= 0.3 is 0 Å². The van der Waals surface area contributed by atoms with Gasteiger partial charge in [-0.3, -0.25) is 4.79 Å². The molecule has 0 aliphatic carbocycles. The van der Waals surface area contributed by atoms with Crippen molar-refractivity contribution in [1.82, 2.24) is 10.2 Å². The van der Waals surface area contributed by atoms with Crippen LogP contribution in [0.15, 0.2) is 54.6 Å². The maximum Gasteiger partial charge on any atom is 0.254 e. The van der Waals surface area contributed by atoms with E-state index in [0.717, 1.165) is 36.4 Å².